The summed E-state index contributed by atoms with van der Waals surface area (Å²) < 4.78 is 27.6. The van der Waals surface area contributed by atoms with E-state index in [4.69, 9.17) is 21.1 Å². The van der Waals surface area contributed by atoms with Gasteiger partial charge in [-0.25, -0.2) is 18.7 Å². The maximum absolute atomic E-state index is 14.3. The molecule has 2 aliphatic heterocycles. The first-order chi connectivity index (χ1) is 17.9. The monoisotopic (exact) mass is 543 g/mol. The number of hydrogen-bond donors (Lipinski definition) is 0. The average molecular weight is 544 g/mol. The Morgan fingerprint density at radius 3 is 2.66 bits per heavy atom. The molecule has 9 nitrogen and oxygen atoms in total. The molecule has 0 saturated carbocycles. The summed E-state index contributed by atoms with van der Waals surface area (Å²) in [5, 5.41) is 5.20. The molecule has 3 aromatic rings. The van der Waals surface area contributed by atoms with E-state index in [0.717, 1.165) is 17.0 Å². The fourth-order valence-corrected chi connectivity index (χ4v) is 5.03. The van der Waals surface area contributed by atoms with Crippen LogP contribution in [0.2, 0.25) is 5.02 Å². The van der Waals surface area contributed by atoms with Gasteiger partial charge < -0.3 is 19.3 Å². The molecular formula is C27H31ClFN5O4. The van der Waals surface area contributed by atoms with Crippen LogP contribution in [0, 0.1) is 19.7 Å². The first kappa shape index (κ1) is 26.2. The fourth-order valence-electron chi connectivity index (χ4n) is 4.90. The van der Waals surface area contributed by atoms with Crippen molar-refractivity contribution < 1.29 is 23.5 Å². The summed E-state index contributed by atoms with van der Waals surface area (Å²) in [5.74, 6) is -0.648. The van der Waals surface area contributed by atoms with Crippen molar-refractivity contribution in [2.45, 2.75) is 72.3 Å². The molecule has 11 heteroatoms. The maximum Gasteiger partial charge on any atom is 0.410 e. The third kappa shape index (κ3) is 5.01. The number of fused-ring (bicyclic) bond motifs is 3. The Balaban J connectivity index is 1.34. The first-order valence-corrected chi connectivity index (χ1v) is 13.1. The Hall–Kier alpha value is -3.40. The summed E-state index contributed by atoms with van der Waals surface area (Å²) in [5.41, 5.74) is 3.43. The Kier molecular flexibility index (Phi) is 6.71. The van der Waals surface area contributed by atoms with Crippen LogP contribution < -0.4 is 4.74 Å². The number of carbonyl (C=O) groups is 2. The number of ether oxygens (including phenoxy) is 2. The van der Waals surface area contributed by atoms with Gasteiger partial charge in [0.2, 0.25) is 0 Å². The predicted molar refractivity (Wildman–Crippen MR) is 139 cm³/mol. The third-order valence-corrected chi connectivity index (χ3v) is 7.29. The van der Waals surface area contributed by atoms with Crippen molar-refractivity contribution in [1.29, 1.82) is 0 Å². The first-order valence-electron chi connectivity index (χ1n) is 12.7. The highest BCUT2D eigenvalue weighted by molar-refractivity contribution is 6.31. The number of carbonyl (C=O) groups excluding carboxylic acids is 2. The Morgan fingerprint density at radius 1 is 1.16 bits per heavy atom. The van der Waals surface area contributed by atoms with E-state index in [0.29, 0.717) is 55.4 Å². The largest absolute Gasteiger partial charge is 0.488 e. The number of nitrogens with zero attached hydrogens (tertiary/aromatic N) is 5. The number of halogens is 2. The SMILES string of the molecule is Cc1nc2c3c(nn2c(C)c1Cl)CN(C(=O)c1ccc(F)cc1O[C@H]1CCCN(C(=O)OC(C)(C)C)C1)C3. The molecule has 1 aromatic carbocycles. The van der Waals surface area contributed by atoms with E-state index >= 15 is 0 Å². The lowest BCUT2D eigenvalue weighted by Gasteiger charge is -2.34. The number of likely N-dealkylation sites (tertiary alicyclic amines) is 1. The predicted octanol–water partition coefficient (Wildman–Crippen LogP) is 5.07. The molecule has 2 aliphatic rings. The average Bonchev–Trinajstić information content (AvgIpc) is 3.41. The summed E-state index contributed by atoms with van der Waals surface area (Å²) in [7, 11) is 0. The lowest BCUT2D eigenvalue weighted by atomic mass is 10.1. The zero-order chi connectivity index (χ0) is 27.4. The summed E-state index contributed by atoms with van der Waals surface area (Å²) >= 11 is 6.34. The Morgan fingerprint density at radius 2 is 1.92 bits per heavy atom. The molecule has 0 unspecified atom stereocenters. The second-order valence-corrected chi connectivity index (χ2v) is 11.2. The zero-order valence-electron chi connectivity index (χ0n) is 22.2. The summed E-state index contributed by atoms with van der Waals surface area (Å²) in [6, 6.07) is 3.91. The van der Waals surface area contributed by atoms with Crippen molar-refractivity contribution in [2.75, 3.05) is 13.1 Å². The van der Waals surface area contributed by atoms with Crippen LogP contribution in [0.25, 0.3) is 5.65 Å². The van der Waals surface area contributed by atoms with Crippen molar-refractivity contribution in [1.82, 2.24) is 24.4 Å². The second kappa shape index (κ2) is 9.72. The van der Waals surface area contributed by atoms with E-state index in [1.54, 1.807) is 14.3 Å². The van der Waals surface area contributed by atoms with Gasteiger partial charge in [0.1, 0.15) is 23.3 Å². The number of aromatic nitrogens is 3. The molecule has 38 heavy (non-hydrogen) atoms. The van der Waals surface area contributed by atoms with E-state index in [9.17, 15) is 14.0 Å². The quantitative estimate of drug-likeness (QED) is 0.458. The molecule has 0 bridgehead atoms. The van der Waals surface area contributed by atoms with Gasteiger partial charge in [0, 0.05) is 18.2 Å². The lowest BCUT2D eigenvalue weighted by molar-refractivity contribution is 0.00750. The van der Waals surface area contributed by atoms with Crippen molar-refractivity contribution in [3.63, 3.8) is 0 Å². The minimum Gasteiger partial charge on any atom is -0.488 e. The van der Waals surface area contributed by atoms with Crippen LogP contribution >= 0.6 is 11.6 Å². The van der Waals surface area contributed by atoms with Crippen molar-refractivity contribution >= 4 is 29.2 Å². The smallest absolute Gasteiger partial charge is 0.410 e. The molecule has 4 heterocycles. The number of rotatable bonds is 3. The van der Waals surface area contributed by atoms with Gasteiger partial charge in [-0.1, -0.05) is 11.6 Å². The van der Waals surface area contributed by atoms with Crippen LogP contribution in [-0.4, -0.2) is 61.2 Å². The topological polar surface area (TPSA) is 89.3 Å². The fraction of sp³-hybridized carbons (Fsp3) is 0.481. The number of piperidine rings is 1. The van der Waals surface area contributed by atoms with Crippen LogP contribution in [-0.2, 0) is 17.8 Å². The molecule has 0 N–H and O–H groups in total. The van der Waals surface area contributed by atoms with Crippen molar-refractivity contribution in [3.8, 4) is 5.75 Å². The van der Waals surface area contributed by atoms with Gasteiger partial charge in [-0.2, -0.15) is 5.10 Å². The molecule has 1 saturated heterocycles. The van der Waals surface area contributed by atoms with Crippen LogP contribution in [0.1, 0.15) is 66.6 Å². The van der Waals surface area contributed by atoms with Gasteiger partial charge in [-0.15, -0.1) is 0 Å². The molecule has 2 amide bonds. The molecule has 0 aliphatic carbocycles. The molecule has 1 atom stereocenters. The zero-order valence-corrected chi connectivity index (χ0v) is 22.9. The normalized spacial score (nSPS) is 17.6. The standard InChI is InChI=1S/C27H31ClFN5O4/c1-15-23(28)16(2)34-24(30-15)20-13-33(14-21(20)31-34)25(35)19-9-8-17(29)11-22(19)37-18-7-6-10-32(12-18)26(36)38-27(3,4)5/h8-9,11,18H,6-7,10,12-14H2,1-5H3/t18-/m0/s1. The van der Waals surface area contributed by atoms with Gasteiger partial charge in [-0.3, -0.25) is 4.79 Å². The molecular weight excluding hydrogens is 513 g/mol. The van der Waals surface area contributed by atoms with E-state index < -0.39 is 23.6 Å². The molecule has 0 spiro atoms. The maximum atomic E-state index is 14.3. The van der Waals surface area contributed by atoms with Crippen LogP contribution in [0.15, 0.2) is 18.2 Å². The van der Waals surface area contributed by atoms with Crippen molar-refractivity contribution in [2.24, 2.45) is 0 Å². The van der Waals surface area contributed by atoms with Crippen molar-refractivity contribution in [3.05, 3.63) is 57.2 Å². The van der Waals surface area contributed by atoms with E-state index in [-0.39, 0.29) is 17.2 Å². The molecule has 5 rings (SSSR count). The van der Waals surface area contributed by atoms with Crippen LogP contribution in [0.4, 0.5) is 9.18 Å². The molecule has 1 fully saturated rings. The minimum absolute atomic E-state index is 0.154. The molecule has 0 radical (unpaired) electrons. The highest BCUT2D eigenvalue weighted by atomic mass is 35.5. The van der Waals surface area contributed by atoms with Gasteiger partial charge in [-0.05, 0) is 59.6 Å². The minimum atomic E-state index is -0.610. The lowest BCUT2D eigenvalue weighted by Crippen LogP contribution is -2.46. The van der Waals surface area contributed by atoms with Crippen LogP contribution in [0.5, 0.6) is 5.75 Å². The number of hydrogen-bond acceptors (Lipinski definition) is 6. The summed E-state index contributed by atoms with van der Waals surface area (Å²) in [6.07, 6.45) is 0.563. The number of benzene rings is 1. The Labute approximate surface area is 225 Å². The van der Waals surface area contributed by atoms with Gasteiger partial charge >= 0.3 is 6.09 Å². The van der Waals surface area contributed by atoms with E-state index in [1.165, 1.54) is 18.2 Å². The van der Waals surface area contributed by atoms with E-state index in [2.05, 4.69) is 10.1 Å². The van der Waals surface area contributed by atoms with Crippen LogP contribution in [0.3, 0.4) is 0 Å². The highest BCUT2D eigenvalue weighted by Crippen LogP contribution is 2.32. The number of aryl methyl sites for hydroxylation is 2. The summed E-state index contributed by atoms with van der Waals surface area (Å²) in [6.45, 7) is 10.6. The molecule has 202 valence electrons. The van der Waals surface area contributed by atoms with Gasteiger partial charge in [0.25, 0.3) is 5.91 Å². The second-order valence-electron chi connectivity index (χ2n) is 10.9. The van der Waals surface area contributed by atoms with Gasteiger partial charge in [0.05, 0.1) is 47.3 Å². The third-order valence-electron chi connectivity index (χ3n) is 6.74. The highest BCUT2D eigenvalue weighted by Gasteiger charge is 2.33. The Bertz CT molecular complexity index is 1430. The number of amides is 2. The molecule has 2 aromatic heterocycles. The summed E-state index contributed by atoms with van der Waals surface area (Å²) in [4.78, 5) is 34.0. The van der Waals surface area contributed by atoms with Gasteiger partial charge in [0.15, 0.2) is 5.65 Å². The van der Waals surface area contributed by atoms with E-state index in [1.807, 2.05) is 34.6 Å².